The second-order valence-corrected chi connectivity index (χ2v) is 16.9. The van der Waals surface area contributed by atoms with E-state index in [0.29, 0.717) is 0 Å². The van der Waals surface area contributed by atoms with E-state index >= 15 is 0 Å². The molecule has 0 radical (unpaired) electrons. The molecule has 2 heterocycles. The van der Waals surface area contributed by atoms with Crippen molar-refractivity contribution in [2.75, 3.05) is 9.80 Å². The molecule has 0 spiro atoms. The van der Waals surface area contributed by atoms with Crippen LogP contribution < -0.4 is 9.80 Å². The first-order valence-corrected chi connectivity index (χ1v) is 21.4. The van der Waals surface area contributed by atoms with Crippen LogP contribution in [0.3, 0.4) is 0 Å². The summed E-state index contributed by atoms with van der Waals surface area (Å²) in [5, 5.41) is 6.99. The average molecular weight is 795 g/mol. The maximum atomic E-state index is 6.86. The summed E-state index contributed by atoms with van der Waals surface area (Å²) in [6.07, 6.45) is 0. The Hall–Kier alpha value is -7.88. The normalized spacial score (nSPS) is 13.1. The van der Waals surface area contributed by atoms with Gasteiger partial charge in [0, 0.05) is 27.3 Å². The van der Waals surface area contributed by atoms with Gasteiger partial charge in [0.2, 0.25) is 0 Å². The van der Waals surface area contributed by atoms with Crippen LogP contribution in [0.1, 0.15) is 25.0 Å². The highest BCUT2D eigenvalue weighted by molar-refractivity contribution is 6.14. The number of para-hydroxylation sites is 3. The van der Waals surface area contributed by atoms with Crippen molar-refractivity contribution in [3.8, 4) is 22.3 Å². The highest BCUT2D eigenvalue weighted by Crippen LogP contribution is 2.58. The molecule has 0 saturated heterocycles. The quantitative estimate of drug-likeness (QED) is 0.167. The van der Waals surface area contributed by atoms with Gasteiger partial charge in [0.15, 0.2) is 5.58 Å². The fourth-order valence-corrected chi connectivity index (χ4v) is 10.2. The highest BCUT2D eigenvalue weighted by Gasteiger charge is 2.40. The number of furan rings is 1. The maximum absolute atomic E-state index is 6.86. The van der Waals surface area contributed by atoms with Crippen LogP contribution in [0.2, 0.25) is 0 Å². The Morgan fingerprint density at radius 2 is 1.02 bits per heavy atom. The van der Waals surface area contributed by atoms with Crippen LogP contribution in [0.25, 0.3) is 65.7 Å². The minimum absolute atomic E-state index is 0.326. The summed E-state index contributed by atoms with van der Waals surface area (Å²) in [5.41, 5.74) is 15.3. The zero-order valence-corrected chi connectivity index (χ0v) is 34.6. The van der Waals surface area contributed by atoms with Crippen molar-refractivity contribution >= 4 is 77.6 Å². The smallest absolute Gasteiger partial charge is 0.159 e. The Kier molecular flexibility index (Phi) is 8.20. The lowest BCUT2D eigenvalue weighted by Crippen LogP contribution is -2.32. The second kappa shape index (κ2) is 14.1. The molecule has 1 aromatic heterocycles. The van der Waals surface area contributed by atoms with Crippen molar-refractivity contribution < 1.29 is 4.42 Å². The van der Waals surface area contributed by atoms with Crippen molar-refractivity contribution in [1.82, 2.24) is 0 Å². The molecule has 0 N–H and O–H groups in total. The fraction of sp³-hybridized carbons (Fsp3) is 0.0508. The number of hydrogen-bond acceptors (Lipinski definition) is 3. The van der Waals surface area contributed by atoms with Gasteiger partial charge < -0.3 is 14.2 Å². The number of anilines is 6. The predicted molar refractivity (Wildman–Crippen MR) is 261 cm³/mol. The largest absolute Gasteiger partial charge is 0.454 e. The first-order chi connectivity index (χ1) is 30.5. The number of nitrogens with zero attached hydrogens (tertiary/aromatic N) is 2. The SMILES string of the molecule is CC1(C)c2ccccc2N(c2c(N(c3ccc(-c4ccccc4)cc3)c3cccc4c3oc3ccccc34)ccc3ccccc23)c2cccc(-c3cccc4ccccc34)c21. The lowest BCUT2D eigenvalue weighted by molar-refractivity contribution is 0.634. The molecule has 294 valence electrons. The molecule has 11 aromatic rings. The van der Waals surface area contributed by atoms with Crippen molar-refractivity contribution in [2.24, 2.45) is 0 Å². The van der Waals surface area contributed by atoms with Gasteiger partial charge in [-0.2, -0.15) is 0 Å². The first-order valence-electron chi connectivity index (χ1n) is 21.4. The van der Waals surface area contributed by atoms with Gasteiger partial charge in [-0.15, -0.1) is 0 Å². The van der Waals surface area contributed by atoms with Crippen molar-refractivity contribution in [3.05, 3.63) is 230 Å². The Morgan fingerprint density at radius 1 is 0.419 bits per heavy atom. The van der Waals surface area contributed by atoms with Crippen molar-refractivity contribution in [3.63, 3.8) is 0 Å². The van der Waals surface area contributed by atoms with E-state index in [4.69, 9.17) is 4.42 Å². The van der Waals surface area contributed by atoms with Gasteiger partial charge in [-0.25, -0.2) is 0 Å². The van der Waals surface area contributed by atoms with Crippen LogP contribution >= 0.6 is 0 Å². The molecule has 3 nitrogen and oxygen atoms in total. The summed E-state index contributed by atoms with van der Waals surface area (Å²) in [6.45, 7) is 4.78. The molecule has 10 aromatic carbocycles. The number of benzene rings is 10. The summed E-state index contributed by atoms with van der Waals surface area (Å²) in [4.78, 5) is 4.96. The zero-order chi connectivity index (χ0) is 41.4. The standard InChI is InChI=1S/C59H42N2O/c1-59(2)50-28-11-12-29-51(50)61(52-30-15-26-48(56(52)59)46-25-14-21-41-19-6-8-22-44(41)46)57-45-23-9-7-20-42(45)35-38-53(57)60(43-36-33-40(34-37-43)39-17-4-3-5-18-39)54-31-16-27-49-47-24-10-13-32-55(47)62-58(49)54/h3-38H,1-2H3. The molecule has 0 fully saturated rings. The van der Waals surface area contributed by atoms with Gasteiger partial charge in [0.25, 0.3) is 0 Å². The summed E-state index contributed by atoms with van der Waals surface area (Å²) >= 11 is 0. The number of hydrogen-bond donors (Lipinski definition) is 0. The summed E-state index contributed by atoms with van der Waals surface area (Å²) in [6, 6.07) is 79.2. The van der Waals surface area contributed by atoms with Crippen LogP contribution in [-0.2, 0) is 5.41 Å². The Labute approximate surface area is 361 Å². The molecule has 62 heavy (non-hydrogen) atoms. The van der Waals surface area contributed by atoms with Gasteiger partial charge >= 0.3 is 0 Å². The van der Waals surface area contributed by atoms with Gasteiger partial charge in [-0.05, 0) is 92.0 Å². The van der Waals surface area contributed by atoms with E-state index < -0.39 is 0 Å². The fourth-order valence-electron chi connectivity index (χ4n) is 10.2. The first kappa shape index (κ1) is 36.0. The molecule has 12 rings (SSSR count). The van der Waals surface area contributed by atoms with E-state index in [-0.39, 0.29) is 5.41 Å². The summed E-state index contributed by atoms with van der Waals surface area (Å²) < 4.78 is 6.86. The molecule has 1 aliphatic rings. The second-order valence-electron chi connectivity index (χ2n) is 16.9. The molecule has 0 atom stereocenters. The lowest BCUT2D eigenvalue weighted by atomic mass is 9.70. The zero-order valence-electron chi connectivity index (χ0n) is 34.6. The van der Waals surface area contributed by atoms with Crippen molar-refractivity contribution in [1.29, 1.82) is 0 Å². The molecule has 0 saturated carbocycles. The van der Waals surface area contributed by atoms with Gasteiger partial charge in [-0.3, -0.25) is 0 Å². The van der Waals surface area contributed by atoms with Crippen molar-refractivity contribution in [2.45, 2.75) is 19.3 Å². The average Bonchev–Trinajstić information content (AvgIpc) is 3.72. The van der Waals surface area contributed by atoms with E-state index in [0.717, 1.165) is 61.3 Å². The monoisotopic (exact) mass is 794 g/mol. The van der Waals surface area contributed by atoms with Crippen LogP contribution in [0.15, 0.2) is 223 Å². The molecule has 0 aliphatic carbocycles. The van der Waals surface area contributed by atoms with Gasteiger partial charge in [0.05, 0.1) is 28.4 Å². The maximum Gasteiger partial charge on any atom is 0.159 e. The van der Waals surface area contributed by atoms with E-state index in [9.17, 15) is 0 Å². The molecule has 0 bridgehead atoms. The van der Waals surface area contributed by atoms with Gasteiger partial charge in [-0.1, -0.05) is 190 Å². The molecular formula is C59H42N2O. The van der Waals surface area contributed by atoms with E-state index in [1.165, 1.54) is 49.7 Å². The minimum Gasteiger partial charge on any atom is -0.454 e. The Morgan fingerprint density at radius 3 is 1.85 bits per heavy atom. The lowest BCUT2D eigenvalue weighted by Gasteiger charge is -2.44. The molecule has 3 heteroatoms. The third-order valence-corrected chi connectivity index (χ3v) is 13.0. The highest BCUT2D eigenvalue weighted by atomic mass is 16.3. The van der Waals surface area contributed by atoms with E-state index in [1.807, 2.05) is 6.07 Å². The van der Waals surface area contributed by atoms with E-state index in [1.54, 1.807) is 0 Å². The molecule has 1 aliphatic heterocycles. The summed E-state index contributed by atoms with van der Waals surface area (Å²) in [7, 11) is 0. The van der Waals surface area contributed by atoms with Crippen LogP contribution in [0.5, 0.6) is 0 Å². The topological polar surface area (TPSA) is 19.6 Å². The number of fused-ring (bicyclic) bond motifs is 7. The Bertz CT molecular complexity index is 3500. The Balaban J connectivity index is 1.18. The predicted octanol–water partition coefficient (Wildman–Crippen LogP) is 16.8. The number of rotatable bonds is 6. The van der Waals surface area contributed by atoms with Crippen LogP contribution in [-0.4, -0.2) is 0 Å². The molecule has 0 amide bonds. The van der Waals surface area contributed by atoms with Gasteiger partial charge in [0.1, 0.15) is 5.58 Å². The van der Waals surface area contributed by atoms with Crippen LogP contribution in [0.4, 0.5) is 34.1 Å². The molecule has 0 unspecified atom stereocenters. The third kappa shape index (κ3) is 5.52. The van der Waals surface area contributed by atoms with Crippen LogP contribution in [0, 0.1) is 0 Å². The molecular weight excluding hydrogens is 753 g/mol. The minimum atomic E-state index is -0.326. The van der Waals surface area contributed by atoms with E-state index in [2.05, 4.69) is 236 Å². The summed E-state index contributed by atoms with van der Waals surface area (Å²) in [5.74, 6) is 0. The third-order valence-electron chi connectivity index (χ3n) is 13.0.